The second kappa shape index (κ2) is 6.73. The number of nitrogens with one attached hydrogen (secondary N) is 1. The highest BCUT2D eigenvalue weighted by atomic mass is 16.5. The summed E-state index contributed by atoms with van der Waals surface area (Å²) in [6.07, 6.45) is 1.27. The van der Waals surface area contributed by atoms with Crippen LogP contribution in [-0.4, -0.2) is 37.2 Å². The summed E-state index contributed by atoms with van der Waals surface area (Å²) >= 11 is 0. The van der Waals surface area contributed by atoms with E-state index < -0.39 is 11.9 Å². The third-order valence-electron chi connectivity index (χ3n) is 3.53. The lowest BCUT2D eigenvalue weighted by molar-refractivity contribution is -0.146. The number of amides is 1. The van der Waals surface area contributed by atoms with Gasteiger partial charge in [-0.05, 0) is 24.7 Å². The summed E-state index contributed by atoms with van der Waals surface area (Å²) in [4.78, 5) is 23.1. The predicted octanol–water partition coefficient (Wildman–Crippen LogP) is 1.13. The SMILES string of the molecule is COCC(C)CNC(=O)[C@H]1CC(C)C[C@H]1C(=O)O. The van der Waals surface area contributed by atoms with Gasteiger partial charge in [-0.25, -0.2) is 0 Å². The van der Waals surface area contributed by atoms with Crippen molar-refractivity contribution in [3.63, 3.8) is 0 Å². The third kappa shape index (κ3) is 3.98. The molecule has 0 radical (unpaired) electrons. The van der Waals surface area contributed by atoms with Crippen LogP contribution in [0.4, 0.5) is 0 Å². The van der Waals surface area contributed by atoms with Gasteiger partial charge in [-0.1, -0.05) is 13.8 Å². The van der Waals surface area contributed by atoms with Crippen LogP contribution < -0.4 is 5.32 Å². The van der Waals surface area contributed by atoms with Gasteiger partial charge in [-0.15, -0.1) is 0 Å². The van der Waals surface area contributed by atoms with Gasteiger partial charge >= 0.3 is 5.97 Å². The van der Waals surface area contributed by atoms with Crippen molar-refractivity contribution in [1.29, 1.82) is 0 Å². The number of carboxylic acid groups (broad SMARTS) is 1. The molecule has 0 aromatic rings. The average Bonchev–Trinajstić information content (AvgIpc) is 2.69. The van der Waals surface area contributed by atoms with Crippen LogP contribution in [0.15, 0.2) is 0 Å². The van der Waals surface area contributed by atoms with Gasteiger partial charge in [-0.3, -0.25) is 9.59 Å². The minimum absolute atomic E-state index is 0.130. The Balaban J connectivity index is 2.47. The molecule has 2 N–H and O–H groups in total. The molecule has 2 unspecified atom stereocenters. The van der Waals surface area contributed by atoms with Crippen LogP contribution in [0.3, 0.4) is 0 Å². The first kappa shape index (κ1) is 15.0. The van der Waals surface area contributed by atoms with Crippen molar-refractivity contribution in [2.75, 3.05) is 20.3 Å². The highest BCUT2D eigenvalue weighted by molar-refractivity contribution is 5.85. The van der Waals surface area contributed by atoms with Crippen LogP contribution >= 0.6 is 0 Å². The molecule has 5 heteroatoms. The zero-order chi connectivity index (χ0) is 13.7. The highest BCUT2D eigenvalue weighted by Crippen LogP contribution is 2.36. The number of hydrogen-bond acceptors (Lipinski definition) is 3. The van der Waals surface area contributed by atoms with E-state index in [-0.39, 0.29) is 17.7 Å². The standard InChI is InChI=1S/C13H23NO4/c1-8-4-10(11(5-8)13(16)17)12(15)14-6-9(2)7-18-3/h8-11H,4-7H2,1-3H3,(H,14,15)(H,16,17)/t8?,9?,10-,11+/m0/s1. The predicted molar refractivity (Wildman–Crippen MR) is 67.1 cm³/mol. The maximum absolute atomic E-state index is 12.0. The van der Waals surface area contributed by atoms with E-state index in [1.807, 2.05) is 13.8 Å². The zero-order valence-electron chi connectivity index (χ0n) is 11.3. The average molecular weight is 257 g/mol. The molecule has 0 aliphatic heterocycles. The van der Waals surface area contributed by atoms with Crippen molar-refractivity contribution in [2.24, 2.45) is 23.7 Å². The molecule has 1 aliphatic carbocycles. The van der Waals surface area contributed by atoms with Crippen LogP contribution in [0.2, 0.25) is 0 Å². The molecule has 5 nitrogen and oxygen atoms in total. The molecule has 0 saturated heterocycles. The maximum atomic E-state index is 12.0. The number of rotatable bonds is 6. The Morgan fingerprint density at radius 1 is 1.39 bits per heavy atom. The summed E-state index contributed by atoms with van der Waals surface area (Å²) in [6, 6.07) is 0. The minimum atomic E-state index is -0.857. The molecule has 1 amide bonds. The van der Waals surface area contributed by atoms with Gasteiger partial charge in [0, 0.05) is 13.7 Å². The number of carbonyl (C=O) groups excluding carboxylic acids is 1. The van der Waals surface area contributed by atoms with Crippen molar-refractivity contribution in [3.8, 4) is 0 Å². The van der Waals surface area contributed by atoms with E-state index in [0.29, 0.717) is 31.9 Å². The summed E-state index contributed by atoms with van der Waals surface area (Å²) in [6.45, 7) is 5.10. The first-order valence-corrected chi connectivity index (χ1v) is 6.45. The second-order valence-electron chi connectivity index (χ2n) is 5.43. The van der Waals surface area contributed by atoms with Crippen molar-refractivity contribution >= 4 is 11.9 Å². The quantitative estimate of drug-likeness (QED) is 0.748. The first-order chi connectivity index (χ1) is 8.45. The molecular weight excluding hydrogens is 234 g/mol. The molecule has 0 heterocycles. The number of methoxy groups -OCH3 is 1. The fourth-order valence-corrected chi connectivity index (χ4v) is 2.60. The fraction of sp³-hybridized carbons (Fsp3) is 0.846. The minimum Gasteiger partial charge on any atom is -0.481 e. The summed E-state index contributed by atoms with van der Waals surface area (Å²) in [7, 11) is 1.62. The molecule has 0 aromatic carbocycles. The summed E-state index contributed by atoms with van der Waals surface area (Å²) < 4.78 is 4.99. The number of ether oxygens (including phenoxy) is 1. The first-order valence-electron chi connectivity index (χ1n) is 6.45. The van der Waals surface area contributed by atoms with Crippen molar-refractivity contribution in [1.82, 2.24) is 5.32 Å². The molecule has 1 rings (SSSR count). The van der Waals surface area contributed by atoms with Crippen LogP contribution in [0.5, 0.6) is 0 Å². The summed E-state index contributed by atoms with van der Waals surface area (Å²) in [5.41, 5.74) is 0. The zero-order valence-corrected chi connectivity index (χ0v) is 11.3. The van der Waals surface area contributed by atoms with Crippen molar-refractivity contribution < 1.29 is 19.4 Å². The Labute approximate surface area is 108 Å². The van der Waals surface area contributed by atoms with Gasteiger partial charge in [0.15, 0.2) is 0 Å². The van der Waals surface area contributed by atoms with E-state index in [9.17, 15) is 9.59 Å². The van der Waals surface area contributed by atoms with E-state index in [4.69, 9.17) is 9.84 Å². The molecule has 104 valence electrons. The summed E-state index contributed by atoms with van der Waals surface area (Å²) in [5.74, 6) is -1.36. The number of carbonyl (C=O) groups is 2. The van der Waals surface area contributed by atoms with Crippen LogP contribution in [-0.2, 0) is 14.3 Å². The normalized spacial score (nSPS) is 28.9. The number of hydrogen-bond donors (Lipinski definition) is 2. The summed E-state index contributed by atoms with van der Waals surface area (Å²) in [5, 5.41) is 11.9. The van der Waals surface area contributed by atoms with Gasteiger partial charge in [0.05, 0.1) is 18.4 Å². The van der Waals surface area contributed by atoms with Gasteiger partial charge in [0.25, 0.3) is 0 Å². The Hall–Kier alpha value is -1.10. The van der Waals surface area contributed by atoms with E-state index >= 15 is 0 Å². The molecule has 4 atom stereocenters. The molecule has 1 fully saturated rings. The lowest BCUT2D eigenvalue weighted by Gasteiger charge is -2.17. The molecule has 0 bridgehead atoms. The van der Waals surface area contributed by atoms with Gasteiger partial charge in [0.1, 0.15) is 0 Å². The van der Waals surface area contributed by atoms with Gasteiger partial charge in [-0.2, -0.15) is 0 Å². The molecule has 1 saturated carbocycles. The molecule has 0 aromatic heterocycles. The lowest BCUT2D eigenvalue weighted by Crippen LogP contribution is -2.38. The fourth-order valence-electron chi connectivity index (χ4n) is 2.60. The Morgan fingerprint density at radius 2 is 2.00 bits per heavy atom. The molecule has 18 heavy (non-hydrogen) atoms. The highest BCUT2D eigenvalue weighted by Gasteiger charge is 2.41. The van der Waals surface area contributed by atoms with E-state index in [1.54, 1.807) is 7.11 Å². The molecular formula is C13H23NO4. The Kier molecular flexibility index (Phi) is 5.59. The molecule has 1 aliphatic rings. The smallest absolute Gasteiger partial charge is 0.307 e. The Morgan fingerprint density at radius 3 is 2.56 bits per heavy atom. The third-order valence-corrected chi connectivity index (χ3v) is 3.53. The van der Waals surface area contributed by atoms with E-state index in [1.165, 1.54) is 0 Å². The number of aliphatic carboxylic acids is 1. The number of carboxylic acids is 1. The lowest BCUT2D eigenvalue weighted by atomic mass is 9.95. The van der Waals surface area contributed by atoms with Gasteiger partial charge < -0.3 is 15.2 Å². The van der Waals surface area contributed by atoms with Crippen molar-refractivity contribution in [2.45, 2.75) is 26.7 Å². The van der Waals surface area contributed by atoms with Crippen LogP contribution in [0, 0.1) is 23.7 Å². The molecule has 0 spiro atoms. The topological polar surface area (TPSA) is 75.6 Å². The van der Waals surface area contributed by atoms with Gasteiger partial charge in [0.2, 0.25) is 5.91 Å². The van der Waals surface area contributed by atoms with E-state index in [2.05, 4.69) is 5.32 Å². The Bertz CT molecular complexity index is 305. The monoisotopic (exact) mass is 257 g/mol. The van der Waals surface area contributed by atoms with E-state index in [0.717, 1.165) is 0 Å². The maximum Gasteiger partial charge on any atom is 0.307 e. The van der Waals surface area contributed by atoms with Crippen LogP contribution in [0.1, 0.15) is 26.7 Å². The largest absolute Gasteiger partial charge is 0.481 e. The second-order valence-corrected chi connectivity index (χ2v) is 5.43. The van der Waals surface area contributed by atoms with Crippen LogP contribution in [0.25, 0.3) is 0 Å². The van der Waals surface area contributed by atoms with Crippen molar-refractivity contribution in [3.05, 3.63) is 0 Å².